The highest BCUT2D eigenvalue weighted by atomic mass is 35.5. The monoisotopic (exact) mass is 288 g/mol. The molecule has 100 valence electrons. The lowest BCUT2D eigenvalue weighted by molar-refractivity contribution is 0.601. The van der Waals surface area contributed by atoms with E-state index in [0.29, 0.717) is 18.1 Å². The predicted molar refractivity (Wildman–Crippen MR) is 71.7 cm³/mol. The standard InChI is InChI=1S/C12H17ClN2O2S/c1-8(2)11-10(5-13)6-14-12(15-11)9-3-4-18(16,17)7-9/h6,8-9H,3-5,7H2,1-2H3. The summed E-state index contributed by atoms with van der Waals surface area (Å²) in [7, 11) is -2.90. The van der Waals surface area contributed by atoms with Crippen molar-refractivity contribution in [2.75, 3.05) is 11.5 Å². The molecule has 2 heterocycles. The van der Waals surface area contributed by atoms with Gasteiger partial charge in [0.25, 0.3) is 0 Å². The van der Waals surface area contributed by atoms with Gasteiger partial charge in [0.05, 0.1) is 23.1 Å². The molecule has 1 atom stereocenters. The summed E-state index contributed by atoms with van der Waals surface area (Å²) in [6.07, 6.45) is 2.36. The Labute approximate surface area is 113 Å². The maximum atomic E-state index is 11.5. The zero-order valence-electron chi connectivity index (χ0n) is 10.6. The van der Waals surface area contributed by atoms with Gasteiger partial charge in [-0.2, -0.15) is 0 Å². The lowest BCUT2D eigenvalue weighted by Crippen LogP contribution is -2.11. The molecule has 0 spiro atoms. The average Bonchev–Trinajstić information content (AvgIpc) is 2.68. The number of halogens is 1. The molecule has 0 bridgehead atoms. The molecule has 1 aliphatic rings. The number of sulfone groups is 1. The maximum Gasteiger partial charge on any atom is 0.151 e. The molecule has 0 aromatic carbocycles. The number of aromatic nitrogens is 2. The van der Waals surface area contributed by atoms with Gasteiger partial charge in [0.2, 0.25) is 0 Å². The second-order valence-corrected chi connectivity index (χ2v) is 7.52. The minimum absolute atomic E-state index is 0.0584. The van der Waals surface area contributed by atoms with E-state index in [1.807, 2.05) is 13.8 Å². The summed E-state index contributed by atoms with van der Waals surface area (Å²) in [5.41, 5.74) is 1.86. The third-order valence-corrected chi connectivity index (χ3v) is 5.26. The summed E-state index contributed by atoms with van der Waals surface area (Å²) < 4.78 is 23.0. The van der Waals surface area contributed by atoms with E-state index < -0.39 is 9.84 Å². The van der Waals surface area contributed by atoms with E-state index in [1.54, 1.807) is 6.20 Å². The SMILES string of the molecule is CC(C)c1nc(C2CCS(=O)(=O)C2)ncc1CCl. The number of hydrogen-bond donors (Lipinski definition) is 0. The van der Waals surface area contributed by atoms with Crippen LogP contribution in [0.2, 0.25) is 0 Å². The van der Waals surface area contributed by atoms with Crippen molar-refractivity contribution in [3.63, 3.8) is 0 Å². The van der Waals surface area contributed by atoms with E-state index in [1.165, 1.54) is 0 Å². The van der Waals surface area contributed by atoms with Crippen LogP contribution in [0.4, 0.5) is 0 Å². The molecular formula is C12H17ClN2O2S. The van der Waals surface area contributed by atoms with Gasteiger partial charge in [0, 0.05) is 17.7 Å². The highest BCUT2D eigenvalue weighted by Gasteiger charge is 2.31. The molecule has 1 fully saturated rings. The van der Waals surface area contributed by atoms with Crippen LogP contribution in [0.5, 0.6) is 0 Å². The van der Waals surface area contributed by atoms with Crippen LogP contribution in [0.3, 0.4) is 0 Å². The van der Waals surface area contributed by atoms with Gasteiger partial charge in [-0.25, -0.2) is 18.4 Å². The van der Waals surface area contributed by atoms with Crippen molar-refractivity contribution in [1.82, 2.24) is 9.97 Å². The van der Waals surface area contributed by atoms with E-state index in [-0.39, 0.29) is 23.3 Å². The molecule has 0 saturated carbocycles. The second kappa shape index (κ2) is 5.13. The van der Waals surface area contributed by atoms with Gasteiger partial charge in [0.1, 0.15) is 5.82 Å². The van der Waals surface area contributed by atoms with Crippen LogP contribution < -0.4 is 0 Å². The largest absolute Gasteiger partial charge is 0.241 e. The molecule has 6 heteroatoms. The van der Waals surface area contributed by atoms with Gasteiger partial charge in [-0.05, 0) is 12.3 Å². The van der Waals surface area contributed by atoms with Crippen molar-refractivity contribution in [2.24, 2.45) is 0 Å². The first-order chi connectivity index (χ1) is 8.43. The lowest BCUT2D eigenvalue weighted by atomic mass is 10.0. The van der Waals surface area contributed by atoms with Crippen molar-refractivity contribution in [3.05, 3.63) is 23.3 Å². The quantitative estimate of drug-likeness (QED) is 0.800. The molecule has 1 saturated heterocycles. The Hall–Kier alpha value is -0.680. The second-order valence-electron chi connectivity index (χ2n) is 5.03. The van der Waals surface area contributed by atoms with Crippen molar-refractivity contribution < 1.29 is 8.42 Å². The molecule has 18 heavy (non-hydrogen) atoms. The minimum atomic E-state index is -2.90. The normalized spacial score (nSPS) is 22.6. The molecule has 1 aliphatic heterocycles. The van der Waals surface area contributed by atoms with E-state index in [4.69, 9.17) is 11.6 Å². The van der Waals surface area contributed by atoms with Crippen LogP contribution in [-0.4, -0.2) is 29.9 Å². The molecule has 1 aromatic heterocycles. The Kier molecular flexibility index (Phi) is 3.92. The fourth-order valence-corrected chi connectivity index (χ4v) is 4.18. The number of nitrogens with zero attached hydrogens (tertiary/aromatic N) is 2. The molecule has 1 unspecified atom stereocenters. The van der Waals surface area contributed by atoms with Crippen LogP contribution in [0, 0.1) is 0 Å². The Morgan fingerprint density at radius 1 is 1.50 bits per heavy atom. The summed E-state index contributed by atoms with van der Waals surface area (Å²) in [6, 6.07) is 0. The molecular weight excluding hydrogens is 272 g/mol. The summed E-state index contributed by atoms with van der Waals surface area (Å²) in [5.74, 6) is 1.65. The topological polar surface area (TPSA) is 59.9 Å². The first kappa shape index (κ1) is 13.7. The Morgan fingerprint density at radius 2 is 2.22 bits per heavy atom. The van der Waals surface area contributed by atoms with E-state index in [9.17, 15) is 8.42 Å². The smallest absolute Gasteiger partial charge is 0.151 e. The summed E-state index contributed by atoms with van der Waals surface area (Å²) in [6.45, 7) is 4.10. The highest BCUT2D eigenvalue weighted by molar-refractivity contribution is 7.91. The maximum absolute atomic E-state index is 11.5. The summed E-state index contributed by atoms with van der Waals surface area (Å²) >= 11 is 5.86. The molecule has 0 radical (unpaired) electrons. The molecule has 2 rings (SSSR count). The molecule has 0 amide bonds. The van der Waals surface area contributed by atoms with Crippen LogP contribution in [-0.2, 0) is 15.7 Å². The molecule has 0 aliphatic carbocycles. The van der Waals surface area contributed by atoms with Gasteiger partial charge in [-0.3, -0.25) is 0 Å². The molecule has 0 N–H and O–H groups in total. The predicted octanol–water partition coefficient (Wildman–Crippen LogP) is 2.24. The van der Waals surface area contributed by atoms with E-state index in [2.05, 4.69) is 9.97 Å². The van der Waals surface area contributed by atoms with Crippen molar-refractivity contribution in [3.8, 4) is 0 Å². The lowest BCUT2D eigenvalue weighted by Gasteiger charge is -2.13. The minimum Gasteiger partial charge on any atom is -0.241 e. The first-order valence-electron chi connectivity index (χ1n) is 6.05. The van der Waals surface area contributed by atoms with Gasteiger partial charge in [-0.15, -0.1) is 11.6 Å². The van der Waals surface area contributed by atoms with Crippen molar-refractivity contribution >= 4 is 21.4 Å². The number of rotatable bonds is 3. The van der Waals surface area contributed by atoms with Gasteiger partial charge in [-0.1, -0.05) is 13.8 Å². The van der Waals surface area contributed by atoms with Gasteiger partial charge in [0.15, 0.2) is 9.84 Å². The number of alkyl halides is 1. The molecule has 1 aromatic rings. The fraction of sp³-hybridized carbons (Fsp3) is 0.667. The van der Waals surface area contributed by atoms with Crippen LogP contribution in [0.1, 0.15) is 49.2 Å². The Bertz CT molecular complexity index is 543. The van der Waals surface area contributed by atoms with Gasteiger partial charge >= 0.3 is 0 Å². The van der Waals surface area contributed by atoms with E-state index >= 15 is 0 Å². The zero-order chi connectivity index (χ0) is 13.3. The fourth-order valence-electron chi connectivity index (χ4n) is 2.23. The first-order valence-corrected chi connectivity index (χ1v) is 8.40. The highest BCUT2D eigenvalue weighted by Crippen LogP contribution is 2.28. The third-order valence-electron chi connectivity index (χ3n) is 3.21. The summed E-state index contributed by atoms with van der Waals surface area (Å²) in [4.78, 5) is 8.81. The third kappa shape index (κ3) is 2.83. The Balaban J connectivity index is 2.33. The van der Waals surface area contributed by atoms with Crippen molar-refractivity contribution in [2.45, 2.75) is 38.0 Å². The van der Waals surface area contributed by atoms with Crippen LogP contribution in [0.25, 0.3) is 0 Å². The molecule has 4 nitrogen and oxygen atoms in total. The number of hydrogen-bond acceptors (Lipinski definition) is 4. The van der Waals surface area contributed by atoms with Crippen LogP contribution in [0.15, 0.2) is 6.20 Å². The van der Waals surface area contributed by atoms with E-state index in [0.717, 1.165) is 11.3 Å². The zero-order valence-corrected chi connectivity index (χ0v) is 12.1. The summed E-state index contributed by atoms with van der Waals surface area (Å²) in [5, 5.41) is 0. The average molecular weight is 289 g/mol. The van der Waals surface area contributed by atoms with Crippen molar-refractivity contribution in [1.29, 1.82) is 0 Å². The van der Waals surface area contributed by atoms with Crippen LogP contribution >= 0.6 is 11.6 Å². The Morgan fingerprint density at radius 3 is 2.72 bits per heavy atom. The van der Waals surface area contributed by atoms with Gasteiger partial charge < -0.3 is 0 Å².